The highest BCUT2D eigenvalue weighted by Gasteiger charge is 2.33. The van der Waals surface area contributed by atoms with Gasteiger partial charge in [-0.15, -0.1) is 0 Å². The molecule has 0 spiro atoms. The third-order valence-electron chi connectivity index (χ3n) is 2.79. The summed E-state index contributed by atoms with van der Waals surface area (Å²) in [5.41, 5.74) is -0.0256. The van der Waals surface area contributed by atoms with E-state index in [9.17, 15) is 0 Å². The van der Waals surface area contributed by atoms with Crippen LogP contribution in [-0.4, -0.2) is 27.5 Å². The lowest BCUT2D eigenvalue weighted by Gasteiger charge is -2.39. The molecule has 4 nitrogen and oxygen atoms in total. The van der Waals surface area contributed by atoms with Gasteiger partial charge in [-0.05, 0) is 33.6 Å². The smallest absolute Gasteiger partial charge is 0.124 e. The minimum absolute atomic E-state index is 0.0256. The molecular formula is C12H21N3O. The third-order valence-corrected chi connectivity index (χ3v) is 2.79. The molecule has 0 radical (unpaired) electrons. The van der Waals surface area contributed by atoms with Gasteiger partial charge in [0.1, 0.15) is 5.82 Å². The van der Waals surface area contributed by atoms with Crippen LogP contribution in [-0.2, 0) is 11.8 Å². The molecule has 1 N–H and O–H groups in total. The minimum Gasteiger partial charge on any atom is -0.372 e. The first-order valence-electron chi connectivity index (χ1n) is 5.86. The van der Waals surface area contributed by atoms with Crippen LogP contribution in [0, 0.1) is 0 Å². The number of ether oxygens (including phenoxy) is 1. The van der Waals surface area contributed by atoms with Gasteiger partial charge in [0.2, 0.25) is 0 Å². The molecule has 1 aliphatic carbocycles. The standard InChI is InChI=1S/C12H21N3O/c1-12(2,3)16-10-7-9(8-10)14-11-5-6-13-15(11)4/h5-6,9-10,14H,7-8H2,1-4H3. The van der Waals surface area contributed by atoms with Gasteiger partial charge in [-0.3, -0.25) is 4.68 Å². The second-order valence-corrected chi connectivity index (χ2v) is 5.50. The summed E-state index contributed by atoms with van der Waals surface area (Å²) in [6.45, 7) is 6.32. The Morgan fingerprint density at radius 2 is 2.12 bits per heavy atom. The molecule has 1 saturated carbocycles. The molecule has 0 amide bonds. The Balaban J connectivity index is 1.75. The lowest BCUT2D eigenvalue weighted by atomic mass is 9.88. The van der Waals surface area contributed by atoms with E-state index in [1.807, 2.05) is 24.0 Å². The number of nitrogens with zero attached hydrogens (tertiary/aromatic N) is 2. The van der Waals surface area contributed by atoms with Crippen molar-refractivity contribution < 1.29 is 4.74 Å². The van der Waals surface area contributed by atoms with Gasteiger partial charge >= 0.3 is 0 Å². The summed E-state index contributed by atoms with van der Waals surface area (Å²) in [4.78, 5) is 0. The number of rotatable bonds is 3. The summed E-state index contributed by atoms with van der Waals surface area (Å²) in [5.74, 6) is 1.08. The predicted molar refractivity (Wildman–Crippen MR) is 64.5 cm³/mol. The van der Waals surface area contributed by atoms with Gasteiger partial charge in [0.25, 0.3) is 0 Å². The van der Waals surface area contributed by atoms with Gasteiger partial charge in [0.05, 0.1) is 17.9 Å². The van der Waals surface area contributed by atoms with E-state index < -0.39 is 0 Å². The second kappa shape index (κ2) is 4.09. The average Bonchev–Trinajstić information content (AvgIpc) is 2.46. The zero-order valence-electron chi connectivity index (χ0n) is 10.5. The van der Waals surface area contributed by atoms with Crippen molar-refractivity contribution in [3.63, 3.8) is 0 Å². The number of nitrogens with one attached hydrogen (secondary N) is 1. The van der Waals surface area contributed by atoms with Crippen molar-refractivity contribution in [2.45, 2.75) is 51.4 Å². The Morgan fingerprint density at radius 3 is 2.62 bits per heavy atom. The Bertz CT molecular complexity index is 347. The van der Waals surface area contributed by atoms with Gasteiger partial charge < -0.3 is 10.1 Å². The van der Waals surface area contributed by atoms with Crippen LogP contribution in [0.3, 0.4) is 0 Å². The molecule has 1 fully saturated rings. The van der Waals surface area contributed by atoms with Crippen molar-refractivity contribution in [2.75, 3.05) is 5.32 Å². The summed E-state index contributed by atoms with van der Waals surface area (Å²) < 4.78 is 7.75. The molecule has 90 valence electrons. The lowest BCUT2D eigenvalue weighted by molar-refractivity contribution is -0.0954. The maximum atomic E-state index is 5.89. The second-order valence-electron chi connectivity index (χ2n) is 5.50. The van der Waals surface area contributed by atoms with E-state index in [2.05, 4.69) is 31.2 Å². The van der Waals surface area contributed by atoms with Crippen molar-refractivity contribution in [3.05, 3.63) is 12.3 Å². The third kappa shape index (κ3) is 2.76. The van der Waals surface area contributed by atoms with E-state index in [1.165, 1.54) is 0 Å². The highest BCUT2D eigenvalue weighted by atomic mass is 16.5. The maximum Gasteiger partial charge on any atom is 0.124 e. The molecule has 0 unspecified atom stereocenters. The van der Waals surface area contributed by atoms with Crippen LogP contribution in [0.15, 0.2) is 12.3 Å². The first kappa shape index (κ1) is 11.5. The van der Waals surface area contributed by atoms with Crippen molar-refractivity contribution in [3.8, 4) is 0 Å². The van der Waals surface area contributed by atoms with E-state index in [4.69, 9.17) is 4.74 Å². The van der Waals surface area contributed by atoms with Crippen LogP contribution in [0.4, 0.5) is 5.82 Å². The Labute approximate surface area is 97.0 Å². The van der Waals surface area contributed by atoms with Crippen molar-refractivity contribution >= 4 is 5.82 Å². The summed E-state index contributed by atoms with van der Waals surface area (Å²) in [7, 11) is 1.95. The molecule has 0 aromatic carbocycles. The average molecular weight is 223 g/mol. The number of hydrogen-bond donors (Lipinski definition) is 1. The Kier molecular flexibility index (Phi) is 2.93. The van der Waals surface area contributed by atoms with E-state index >= 15 is 0 Å². The monoisotopic (exact) mass is 223 g/mol. The van der Waals surface area contributed by atoms with E-state index in [1.54, 1.807) is 0 Å². The lowest BCUT2D eigenvalue weighted by Crippen LogP contribution is -2.44. The molecule has 2 rings (SSSR count). The Hall–Kier alpha value is -1.03. The number of anilines is 1. The topological polar surface area (TPSA) is 39.1 Å². The molecular weight excluding hydrogens is 202 g/mol. The first-order chi connectivity index (χ1) is 7.44. The van der Waals surface area contributed by atoms with Crippen LogP contribution in [0.5, 0.6) is 0 Å². The predicted octanol–water partition coefficient (Wildman–Crippen LogP) is 2.18. The molecule has 1 aromatic heterocycles. The van der Waals surface area contributed by atoms with Crippen LogP contribution >= 0.6 is 0 Å². The number of aryl methyl sites for hydroxylation is 1. The van der Waals surface area contributed by atoms with Crippen LogP contribution in [0.1, 0.15) is 33.6 Å². The van der Waals surface area contributed by atoms with Crippen molar-refractivity contribution in [1.82, 2.24) is 9.78 Å². The zero-order valence-corrected chi connectivity index (χ0v) is 10.5. The van der Waals surface area contributed by atoms with Gasteiger partial charge in [-0.25, -0.2) is 0 Å². The van der Waals surface area contributed by atoms with E-state index in [0.29, 0.717) is 12.1 Å². The fourth-order valence-corrected chi connectivity index (χ4v) is 2.00. The fourth-order valence-electron chi connectivity index (χ4n) is 2.00. The molecule has 0 saturated heterocycles. The summed E-state index contributed by atoms with van der Waals surface area (Å²) in [6.07, 6.45) is 4.39. The van der Waals surface area contributed by atoms with Crippen LogP contribution < -0.4 is 5.32 Å². The van der Waals surface area contributed by atoms with Gasteiger partial charge in [-0.1, -0.05) is 0 Å². The quantitative estimate of drug-likeness (QED) is 0.853. The molecule has 1 heterocycles. The zero-order chi connectivity index (χ0) is 11.8. The summed E-state index contributed by atoms with van der Waals surface area (Å²) in [5, 5.41) is 7.59. The maximum absolute atomic E-state index is 5.89. The van der Waals surface area contributed by atoms with Gasteiger partial charge in [-0.2, -0.15) is 5.10 Å². The van der Waals surface area contributed by atoms with Gasteiger partial charge in [0.15, 0.2) is 0 Å². The van der Waals surface area contributed by atoms with Crippen LogP contribution in [0.2, 0.25) is 0 Å². The molecule has 1 aromatic rings. The molecule has 4 heteroatoms. The highest BCUT2D eigenvalue weighted by molar-refractivity contribution is 5.35. The highest BCUT2D eigenvalue weighted by Crippen LogP contribution is 2.29. The normalized spacial score (nSPS) is 25.2. The fraction of sp³-hybridized carbons (Fsp3) is 0.750. The first-order valence-corrected chi connectivity index (χ1v) is 5.86. The van der Waals surface area contributed by atoms with E-state index in [-0.39, 0.29) is 5.60 Å². The van der Waals surface area contributed by atoms with Crippen molar-refractivity contribution in [1.29, 1.82) is 0 Å². The molecule has 0 atom stereocenters. The van der Waals surface area contributed by atoms with Crippen molar-refractivity contribution in [2.24, 2.45) is 7.05 Å². The van der Waals surface area contributed by atoms with E-state index in [0.717, 1.165) is 18.7 Å². The minimum atomic E-state index is -0.0256. The molecule has 16 heavy (non-hydrogen) atoms. The Morgan fingerprint density at radius 1 is 1.44 bits per heavy atom. The SMILES string of the molecule is Cn1nccc1NC1CC(OC(C)(C)C)C1. The molecule has 1 aliphatic rings. The summed E-state index contributed by atoms with van der Waals surface area (Å²) >= 11 is 0. The molecule has 0 aliphatic heterocycles. The number of aromatic nitrogens is 2. The van der Waals surface area contributed by atoms with Gasteiger partial charge in [0, 0.05) is 19.2 Å². The summed E-state index contributed by atoms with van der Waals surface area (Å²) in [6, 6.07) is 2.53. The van der Waals surface area contributed by atoms with Crippen LogP contribution in [0.25, 0.3) is 0 Å². The largest absolute Gasteiger partial charge is 0.372 e. The number of hydrogen-bond acceptors (Lipinski definition) is 3. The molecule has 0 bridgehead atoms.